The Bertz CT molecular complexity index is 1410. The van der Waals surface area contributed by atoms with Crippen molar-refractivity contribution in [3.63, 3.8) is 0 Å². The number of hydrogen-bond acceptors (Lipinski definition) is 9. The minimum absolute atomic E-state index is 0.113. The number of hydrogen-bond donors (Lipinski definition) is 2. The highest BCUT2D eigenvalue weighted by atomic mass is 32.2. The van der Waals surface area contributed by atoms with Gasteiger partial charge in [-0.2, -0.15) is 9.97 Å². The predicted octanol–water partition coefficient (Wildman–Crippen LogP) is 12.6. The zero-order valence-electron chi connectivity index (χ0n) is 33.2. The van der Waals surface area contributed by atoms with E-state index >= 15 is 0 Å². The van der Waals surface area contributed by atoms with Gasteiger partial charge in [0.25, 0.3) is 0 Å². The fraction of sp³-hybridized carbons (Fsp3) is 0.634. The normalized spacial score (nSPS) is 13.4. The highest BCUT2D eigenvalue weighted by Crippen LogP contribution is 2.44. The van der Waals surface area contributed by atoms with Crippen LogP contribution >= 0.6 is 23.5 Å². The van der Waals surface area contributed by atoms with Crippen LogP contribution in [0.4, 0.5) is 0 Å². The van der Waals surface area contributed by atoms with Crippen LogP contribution in [0.1, 0.15) is 158 Å². The molecule has 1 aromatic heterocycles. The van der Waals surface area contributed by atoms with Gasteiger partial charge in [0.05, 0.1) is 4.58 Å². The van der Waals surface area contributed by atoms with Crippen molar-refractivity contribution >= 4 is 23.5 Å². The monoisotopic (exact) mass is 725 g/mol. The van der Waals surface area contributed by atoms with E-state index in [9.17, 15) is 10.2 Å². The Morgan fingerprint density at radius 3 is 1.30 bits per heavy atom. The molecule has 3 aromatic rings. The van der Waals surface area contributed by atoms with Gasteiger partial charge in [-0.15, -0.1) is 16.7 Å². The van der Waals surface area contributed by atoms with Gasteiger partial charge < -0.3 is 19.7 Å². The minimum atomic E-state index is -0.325. The van der Waals surface area contributed by atoms with E-state index in [2.05, 4.69) is 102 Å². The largest absolute Gasteiger partial charge is 0.507 e. The van der Waals surface area contributed by atoms with Gasteiger partial charge in [-0.1, -0.05) is 134 Å². The average molecular weight is 726 g/mol. The summed E-state index contributed by atoms with van der Waals surface area (Å²) in [5.41, 5.74) is 1.84. The molecule has 0 bridgehead atoms. The van der Waals surface area contributed by atoms with E-state index in [0.29, 0.717) is 16.7 Å². The molecule has 1 unspecified atom stereocenters. The smallest absolute Gasteiger partial charge is 0.329 e. The molecule has 1 heterocycles. The molecule has 0 saturated heterocycles. The third-order valence-electron chi connectivity index (χ3n) is 8.51. The molecule has 0 aliphatic heterocycles. The van der Waals surface area contributed by atoms with Crippen molar-refractivity contribution in [1.29, 1.82) is 0 Å². The summed E-state index contributed by atoms with van der Waals surface area (Å²) in [7, 11) is 0. The van der Waals surface area contributed by atoms with E-state index in [1.165, 1.54) is 38.5 Å². The van der Waals surface area contributed by atoms with E-state index in [1.807, 2.05) is 36.0 Å². The molecule has 2 N–H and O–H groups in total. The molecule has 9 heteroatoms. The van der Waals surface area contributed by atoms with E-state index < -0.39 is 0 Å². The number of phenolic OH excluding ortho intramolecular Hbond substituents is 2. The van der Waals surface area contributed by atoms with Crippen LogP contribution in [0, 0.1) is 0 Å². The summed E-state index contributed by atoms with van der Waals surface area (Å²) in [6.07, 6.45) is 7.63. The summed E-state index contributed by atoms with van der Waals surface area (Å²) >= 11 is 3.46. The molecular formula is C41H63N3O4S2. The maximum absolute atomic E-state index is 11.3. The first-order valence-corrected chi connectivity index (χ1v) is 20.1. The topological polar surface area (TPSA) is 97.6 Å². The number of rotatable bonds is 14. The van der Waals surface area contributed by atoms with Crippen LogP contribution in [0.5, 0.6) is 35.0 Å². The molecule has 0 fully saturated rings. The first kappa shape index (κ1) is 41.8. The number of aromatic hydroxyl groups is 2. The van der Waals surface area contributed by atoms with Crippen LogP contribution in [-0.2, 0) is 21.7 Å². The minimum Gasteiger partial charge on any atom is -0.507 e. The fourth-order valence-electron chi connectivity index (χ4n) is 5.61. The number of benzene rings is 2. The molecule has 2 aromatic carbocycles. The van der Waals surface area contributed by atoms with Crippen molar-refractivity contribution in [2.75, 3.05) is 5.75 Å². The van der Waals surface area contributed by atoms with Gasteiger partial charge in [0.2, 0.25) is 0 Å². The van der Waals surface area contributed by atoms with Crippen LogP contribution in [0.3, 0.4) is 0 Å². The molecule has 1 atom stereocenters. The van der Waals surface area contributed by atoms with Crippen molar-refractivity contribution in [3.05, 3.63) is 46.5 Å². The van der Waals surface area contributed by atoms with Crippen LogP contribution in [-0.4, -0.2) is 35.5 Å². The first-order valence-electron chi connectivity index (χ1n) is 18.2. The van der Waals surface area contributed by atoms with E-state index in [1.54, 1.807) is 11.8 Å². The molecule has 50 heavy (non-hydrogen) atoms. The van der Waals surface area contributed by atoms with Crippen LogP contribution in [0.15, 0.2) is 29.4 Å². The van der Waals surface area contributed by atoms with Crippen molar-refractivity contribution in [2.24, 2.45) is 0 Å². The second-order valence-corrected chi connectivity index (χ2v) is 20.5. The summed E-state index contributed by atoms with van der Waals surface area (Å²) in [6, 6.07) is 7.69. The summed E-state index contributed by atoms with van der Waals surface area (Å²) < 4.78 is 13.0. The quantitative estimate of drug-likeness (QED) is 0.0956. The van der Waals surface area contributed by atoms with E-state index in [4.69, 9.17) is 19.4 Å². The molecule has 7 nitrogen and oxygen atoms in total. The van der Waals surface area contributed by atoms with Gasteiger partial charge in [-0.05, 0) is 65.0 Å². The highest BCUT2D eigenvalue weighted by molar-refractivity contribution is 8.16. The van der Waals surface area contributed by atoms with Gasteiger partial charge in [0, 0.05) is 22.3 Å². The molecule has 0 spiro atoms. The SMILES string of the molecule is CCCCCCCCSC(C)Sc1nc(Oc2cc(C(C)(C)C)c(O)c(C(C)(C)C)c2)nc(Oc2cc(C(C)(C)C)c(O)c(C(C)(C)C)c2)n1. The molecular weight excluding hydrogens is 663 g/mol. The van der Waals surface area contributed by atoms with Crippen molar-refractivity contribution in [2.45, 2.75) is 167 Å². The standard InChI is InChI=1S/C41H63N3O4S2/c1-15-16-17-18-19-20-21-49-26(2)50-37-43-35(47-27-22-29(38(3,4)5)33(45)30(23-27)39(6,7)8)42-36(44-37)48-28-24-31(40(9,10)11)34(46)32(25-28)41(12,13)14/h22-26,45-46H,15-21H2,1-14H3. The third kappa shape index (κ3) is 12.0. The summed E-state index contributed by atoms with van der Waals surface area (Å²) in [6.45, 7) is 29.3. The summed E-state index contributed by atoms with van der Waals surface area (Å²) in [5, 5.41) is 23.1. The number of phenols is 2. The molecule has 0 amide bonds. The number of thioether (sulfide) groups is 2. The van der Waals surface area contributed by atoms with Gasteiger partial charge >= 0.3 is 12.0 Å². The second kappa shape index (κ2) is 16.8. The molecule has 0 aliphatic rings. The fourth-order valence-corrected chi connectivity index (χ4v) is 7.69. The lowest BCUT2D eigenvalue weighted by Gasteiger charge is -2.28. The lowest BCUT2D eigenvalue weighted by atomic mass is 9.79. The number of nitrogens with zero attached hydrogens (tertiary/aromatic N) is 3. The maximum atomic E-state index is 11.3. The van der Waals surface area contributed by atoms with Crippen LogP contribution < -0.4 is 9.47 Å². The Kier molecular flexibility index (Phi) is 14.0. The Hall–Kier alpha value is -2.65. The van der Waals surface area contributed by atoms with Crippen molar-refractivity contribution in [1.82, 2.24) is 15.0 Å². The zero-order chi connectivity index (χ0) is 37.7. The first-order chi connectivity index (χ1) is 23.0. The van der Waals surface area contributed by atoms with E-state index in [-0.39, 0.29) is 49.8 Å². The van der Waals surface area contributed by atoms with Gasteiger partial charge in [-0.3, -0.25) is 0 Å². The summed E-state index contributed by atoms with van der Waals surface area (Å²) in [4.78, 5) is 14.1. The Morgan fingerprint density at radius 1 is 0.580 bits per heavy atom. The van der Waals surface area contributed by atoms with Crippen molar-refractivity contribution in [3.8, 4) is 35.0 Å². The molecule has 0 aliphatic carbocycles. The third-order valence-corrected chi connectivity index (χ3v) is 10.9. The lowest BCUT2D eigenvalue weighted by molar-refractivity contribution is 0.376. The maximum Gasteiger partial charge on any atom is 0.329 e. The van der Waals surface area contributed by atoms with Crippen LogP contribution in [0.25, 0.3) is 0 Å². The van der Waals surface area contributed by atoms with E-state index in [0.717, 1.165) is 28.0 Å². The van der Waals surface area contributed by atoms with Gasteiger partial charge in [0.15, 0.2) is 5.16 Å². The summed E-state index contributed by atoms with van der Waals surface area (Å²) in [5.74, 6) is 2.70. The zero-order valence-corrected chi connectivity index (χ0v) is 34.8. The second-order valence-electron chi connectivity index (χ2n) is 17.4. The van der Waals surface area contributed by atoms with Crippen molar-refractivity contribution < 1.29 is 19.7 Å². The predicted molar refractivity (Wildman–Crippen MR) is 212 cm³/mol. The molecule has 0 radical (unpaired) electrons. The van der Waals surface area contributed by atoms with Gasteiger partial charge in [-0.25, -0.2) is 0 Å². The number of ether oxygens (including phenoxy) is 2. The number of unbranched alkanes of at least 4 members (excludes halogenated alkanes) is 5. The molecule has 3 rings (SSSR count). The molecule has 278 valence electrons. The highest BCUT2D eigenvalue weighted by Gasteiger charge is 2.29. The average Bonchev–Trinajstić information content (AvgIpc) is 2.96. The Morgan fingerprint density at radius 2 is 0.940 bits per heavy atom. The number of aromatic nitrogens is 3. The van der Waals surface area contributed by atoms with Crippen LogP contribution in [0.2, 0.25) is 0 Å². The lowest BCUT2D eigenvalue weighted by Crippen LogP contribution is -2.17. The van der Waals surface area contributed by atoms with Gasteiger partial charge in [0.1, 0.15) is 23.0 Å². The Balaban J connectivity index is 2.05. The Labute approximate surface area is 311 Å². The molecule has 0 saturated carbocycles.